The topological polar surface area (TPSA) is 117 Å². The second-order valence-corrected chi connectivity index (χ2v) is 9.46. The van der Waals surface area contributed by atoms with Crippen molar-refractivity contribution < 1.29 is 29.0 Å². The van der Waals surface area contributed by atoms with E-state index in [0.29, 0.717) is 17.0 Å². The molecule has 0 atom stereocenters. The molecule has 0 spiro atoms. The van der Waals surface area contributed by atoms with Gasteiger partial charge in [0, 0.05) is 13.1 Å². The van der Waals surface area contributed by atoms with Gasteiger partial charge in [0.15, 0.2) is 0 Å². The maximum Gasteiger partial charge on any atom is 0.314 e. The summed E-state index contributed by atoms with van der Waals surface area (Å²) in [5, 5.41) is 9.25. The number of pyridine rings is 1. The number of aromatic amines is 1. The average molecular weight is 478 g/mol. The van der Waals surface area contributed by atoms with E-state index in [-0.39, 0.29) is 41.8 Å². The molecule has 1 aromatic carbocycles. The Balaban J connectivity index is 1.80. The van der Waals surface area contributed by atoms with E-state index in [1.165, 1.54) is 19.3 Å². The molecular formula is C18H19F5N6O2S. The third-order valence-electron chi connectivity index (χ3n) is 4.75. The molecule has 0 aliphatic heterocycles. The van der Waals surface area contributed by atoms with Gasteiger partial charge >= 0.3 is 22.0 Å². The Labute approximate surface area is 178 Å². The molecule has 0 saturated heterocycles. The van der Waals surface area contributed by atoms with Crippen molar-refractivity contribution in [3.63, 3.8) is 0 Å². The fourth-order valence-electron chi connectivity index (χ4n) is 2.99. The zero-order valence-corrected chi connectivity index (χ0v) is 17.7. The summed E-state index contributed by atoms with van der Waals surface area (Å²) >= 11 is 0. The molecular weight excluding hydrogens is 459 g/mol. The van der Waals surface area contributed by atoms with Gasteiger partial charge in [0.1, 0.15) is 10.7 Å². The van der Waals surface area contributed by atoms with Crippen LogP contribution in [0.1, 0.15) is 18.1 Å². The van der Waals surface area contributed by atoms with Gasteiger partial charge in [0.2, 0.25) is 0 Å². The summed E-state index contributed by atoms with van der Waals surface area (Å²) in [5.74, 6) is -1.84. The number of aryl methyl sites for hydroxylation is 1. The zero-order valence-electron chi connectivity index (χ0n) is 16.8. The van der Waals surface area contributed by atoms with Gasteiger partial charge in [0.05, 0.1) is 29.0 Å². The molecule has 8 nitrogen and oxygen atoms in total. The van der Waals surface area contributed by atoms with Crippen molar-refractivity contribution in [2.75, 3.05) is 17.6 Å². The maximum absolute atomic E-state index is 13.0. The normalized spacial score (nSPS) is 14.0. The second-order valence-electron chi connectivity index (χ2n) is 7.05. The molecule has 0 aliphatic carbocycles. The number of hydrogen-bond acceptors (Lipinski definition) is 5. The standard InChI is InChI=1S/C18H19F5N6O2S/c1-3-29(9-11-4-5-12(6-10(11)2)32(19,20,21,22)23)18(31)17(30)27-14-8-25-16(24)13-7-26-28-15(13)14/h4-8H,3,9H2,1-2H3,(H2,24,25)(H,26,28)(H,27,30). The molecule has 0 radical (unpaired) electrons. The lowest BCUT2D eigenvalue weighted by Crippen LogP contribution is -2.39. The van der Waals surface area contributed by atoms with Gasteiger partial charge in [0.25, 0.3) is 0 Å². The van der Waals surface area contributed by atoms with Crippen LogP contribution in [0.5, 0.6) is 0 Å². The minimum Gasteiger partial charge on any atom is -0.383 e. The summed E-state index contributed by atoms with van der Waals surface area (Å²) < 4.78 is 65.0. The average Bonchev–Trinajstić information content (AvgIpc) is 3.18. The van der Waals surface area contributed by atoms with Crippen LogP contribution in [0.25, 0.3) is 10.9 Å². The van der Waals surface area contributed by atoms with Gasteiger partial charge in [-0.1, -0.05) is 25.5 Å². The summed E-state index contributed by atoms with van der Waals surface area (Å²) in [6.07, 6.45) is 2.63. The van der Waals surface area contributed by atoms with Gasteiger partial charge in [-0.3, -0.25) is 14.7 Å². The highest BCUT2D eigenvalue weighted by Crippen LogP contribution is 3.02. The van der Waals surface area contributed by atoms with Crippen molar-refractivity contribution in [3.05, 3.63) is 41.7 Å². The monoisotopic (exact) mass is 478 g/mol. The Kier molecular flexibility index (Phi) is 5.12. The number of nitrogens with two attached hydrogens (primary N) is 1. The van der Waals surface area contributed by atoms with Crippen LogP contribution in [0.2, 0.25) is 0 Å². The smallest absolute Gasteiger partial charge is 0.314 e. The Bertz CT molecular complexity index is 1230. The van der Waals surface area contributed by atoms with Crippen LogP contribution >= 0.6 is 10.2 Å². The lowest BCUT2D eigenvalue weighted by atomic mass is 10.1. The molecule has 14 heteroatoms. The quantitative estimate of drug-likeness (QED) is 0.369. The number of anilines is 2. The van der Waals surface area contributed by atoms with Crippen molar-refractivity contribution in [3.8, 4) is 0 Å². The number of fused-ring (bicyclic) bond motifs is 1. The number of amides is 2. The number of aromatic nitrogens is 3. The Morgan fingerprint density at radius 2 is 1.88 bits per heavy atom. The number of rotatable bonds is 5. The Hall–Kier alpha value is -3.42. The number of H-pyrrole nitrogens is 1. The Morgan fingerprint density at radius 3 is 2.47 bits per heavy atom. The van der Waals surface area contributed by atoms with Crippen LogP contribution in [0, 0.1) is 6.92 Å². The maximum atomic E-state index is 13.0. The first-order valence-electron chi connectivity index (χ1n) is 9.12. The number of halogens is 5. The van der Waals surface area contributed by atoms with Crippen LogP contribution in [0.4, 0.5) is 30.9 Å². The molecule has 0 saturated carbocycles. The van der Waals surface area contributed by atoms with E-state index in [1.54, 1.807) is 6.92 Å². The minimum absolute atomic E-state index is 0.0362. The van der Waals surface area contributed by atoms with Gasteiger partial charge in [-0.2, -0.15) is 5.10 Å². The lowest BCUT2D eigenvalue weighted by Gasteiger charge is -2.40. The number of carbonyl (C=O) groups is 2. The first kappa shape index (κ1) is 23.2. The van der Waals surface area contributed by atoms with Crippen molar-refractivity contribution in [1.29, 1.82) is 0 Å². The second kappa shape index (κ2) is 7.05. The SMILES string of the molecule is CCN(Cc1ccc(S(F)(F)(F)(F)F)cc1C)C(=O)C(=O)Nc1cnc(N)c2cn[nH]c12. The van der Waals surface area contributed by atoms with Crippen molar-refractivity contribution in [2.45, 2.75) is 25.3 Å². The van der Waals surface area contributed by atoms with E-state index >= 15 is 0 Å². The largest absolute Gasteiger partial charge is 0.383 e. The van der Waals surface area contributed by atoms with Crippen LogP contribution < -0.4 is 11.1 Å². The van der Waals surface area contributed by atoms with Crippen LogP contribution in [0.3, 0.4) is 0 Å². The molecule has 3 aromatic rings. The number of benzene rings is 1. The first-order chi connectivity index (χ1) is 14.6. The molecule has 2 heterocycles. The van der Waals surface area contributed by atoms with E-state index < -0.39 is 26.9 Å². The number of hydrogen-bond donors (Lipinski definition) is 3. The molecule has 0 aliphatic rings. The zero-order chi connectivity index (χ0) is 24.0. The van der Waals surface area contributed by atoms with Gasteiger partial charge in [-0.25, -0.2) is 4.98 Å². The first-order valence-corrected chi connectivity index (χ1v) is 11.1. The van der Waals surface area contributed by atoms with Gasteiger partial charge in [-0.05, 0) is 37.1 Å². The molecule has 0 bridgehead atoms. The lowest BCUT2D eigenvalue weighted by molar-refractivity contribution is -0.143. The predicted octanol–water partition coefficient (Wildman–Crippen LogP) is 4.49. The highest BCUT2D eigenvalue weighted by atomic mass is 32.5. The van der Waals surface area contributed by atoms with Crippen molar-refractivity contribution in [1.82, 2.24) is 20.1 Å². The van der Waals surface area contributed by atoms with Gasteiger partial charge < -0.3 is 16.0 Å². The molecule has 32 heavy (non-hydrogen) atoms. The summed E-state index contributed by atoms with van der Waals surface area (Å²) in [5.41, 5.74) is 6.30. The van der Waals surface area contributed by atoms with E-state index in [4.69, 9.17) is 5.73 Å². The van der Waals surface area contributed by atoms with Crippen molar-refractivity contribution >= 4 is 44.4 Å². The van der Waals surface area contributed by atoms with Crippen molar-refractivity contribution in [2.24, 2.45) is 0 Å². The summed E-state index contributed by atoms with van der Waals surface area (Å²) in [4.78, 5) is 28.0. The highest BCUT2D eigenvalue weighted by molar-refractivity contribution is 8.45. The highest BCUT2D eigenvalue weighted by Gasteiger charge is 2.65. The number of nitrogen functional groups attached to an aromatic ring is 1. The number of carbonyl (C=O) groups excluding carboxylic acids is 2. The van der Waals surface area contributed by atoms with E-state index in [1.807, 2.05) is 0 Å². The summed E-state index contributed by atoms with van der Waals surface area (Å²) in [6, 6.07) is 1.48. The van der Waals surface area contributed by atoms with Crippen LogP contribution in [-0.2, 0) is 16.1 Å². The van der Waals surface area contributed by atoms with E-state index in [2.05, 4.69) is 20.5 Å². The predicted molar refractivity (Wildman–Crippen MR) is 111 cm³/mol. The summed E-state index contributed by atoms with van der Waals surface area (Å²) in [6.45, 7) is 2.56. The Morgan fingerprint density at radius 1 is 1.19 bits per heavy atom. The fraction of sp³-hybridized carbons (Fsp3) is 0.222. The molecule has 4 N–H and O–H groups in total. The number of nitrogens with zero attached hydrogens (tertiary/aromatic N) is 3. The number of nitrogens with one attached hydrogen (secondary N) is 2. The molecule has 0 fully saturated rings. The fourth-order valence-corrected chi connectivity index (χ4v) is 3.71. The molecule has 0 unspecified atom stereocenters. The van der Waals surface area contributed by atoms with E-state index in [9.17, 15) is 29.0 Å². The third-order valence-corrected chi connectivity index (χ3v) is 5.89. The van der Waals surface area contributed by atoms with E-state index in [0.717, 1.165) is 11.0 Å². The van der Waals surface area contributed by atoms with Crippen LogP contribution in [0.15, 0.2) is 35.5 Å². The minimum atomic E-state index is -9.82. The summed E-state index contributed by atoms with van der Waals surface area (Å²) in [7, 11) is -9.82. The van der Waals surface area contributed by atoms with Crippen LogP contribution in [-0.4, -0.2) is 38.4 Å². The molecule has 3 rings (SSSR count). The number of likely N-dealkylation sites (N-methyl/N-ethyl adjacent to an activating group) is 1. The molecule has 2 aromatic heterocycles. The molecule has 174 valence electrons. The van der Waals surface area contributed by atoms with Gasteiger partial charge in [-0.15, -0.1) is 0 Å². The molecule has 2 amide bonds. The third kappa shape index (κ3) is 4.74.